The summed E-state index contributed by atoms with van der Waals surface area (Å²) in [7, 11) is 0. The van der Waals surface area contributed by atoms with Crippen LogP contribution < -0.4 is 10.6 Å². The number of piperidine rings is 1. The Morgan fingerprint density at radius 3 is 2.38 bits per heavy atom. The quantitative estimate of drug-likeness (QED) is 0.864. The van der Waals surface area contributed by atoms with Crippen molar-refractivity contribution in [3.63, 3.8) is 0 Å². The number of benzene rings is 1. The molecule has 2 aliphatic heterocycles. The normalized spacial score (nSPS) is 21.5. The Hall–Kier alpha value is -2.08. The Balaban J connectivity index is 1.48. The van der Waals surface area contributed by atoms with Gasteiger partial charge in [-0.05, 0) is 43.5 Å². The Labute approximate surface area is 145 Å². The van der Waals surface area contributed by atoms with Crippen LogP contribution in [0.15, 0.2) is 24.3 Å². The number of likely N-dealkylation sites (tertiary alicyclic amines) is 1. The van der Waals surface area contributed by atoms with Crippen molar-refractivity contribution in [2.45, 2.75) is 37.8 Å². The van der Waals surface area contributed by atoms with Crippen molar-refractivity contribution in [1.82, 2.24) is 15.5 Å². The number of carbonyl (C=O) groups excluding carboxylic acids is 3. The third kappa shape index (κ3) is 3.87. The summed E-state index contributed by atoms with van der Waals surface area (Å²) in [5.74, 6) is -0.207. The van der Waals surface area contributed by atoms with Gasteiger partial charge in [-0.15, -0.1) is 0 Å². The van der Waals surface area contributed by atoms with E-state index < -0.39 is 6.04 Å². The summed E-state index contributed by atoms with van der Waals surface area (Å²) in [4.78, 5) is 37.5. The molecule has 0 radical (unpaired) electrons. The van der Waals surface area contributed by atoms with Crippen LogP contribution in [0.2, 0.25) is 5.02 Å². The molecule has 7 heteroatoms. The first-order chi connectivity index (χ1) is 11.5. The van der Waals surface area contributed by atoms with Gasteiger partial charge < -0.3 is 15.5 Å². The van der Waals surface area contributed by atoms with E-state index in [1.165, 1.54) is 0 Å². The van der Waals surface area contributed by atoms with Crippen LogP contribution in [-0.2, 0) is 9.59 Å². The summed E-state index contributed by atoms with van der Waals surface area (Å²) < 4.78 is 0. The van der Waals surface area contributed by atoms with Gasteiger partial charge in [0.2, 0.25) is 11.8 Å². The standard InChI is InChI=1S/C17H20ClN3O3/c18-12-3-1-11(2-4-12)17(24)21-9-7-13(8-10-21)19-16(23)14-5-6-15(22)20-14/h1-4,13-14H,5-10H2,(H,19,23)(H,20,22). The molecule has 1 aromatic carbocycles. The van der Waals surface area contributed by atoms with Gasteiger partial charge in [0.1, 0.15) is 6.04 Å². The largest absolute Gasteiger partial charge is 0.351 e. The van der Waals surface area contributed by atoms with E-state index in [9.17, 15) is 14.4 Å². The second kappa shape index (κ2) is 7.21. The minimum Gasteiger partial charge on any atom is -0.351 e. The lowest BCUT2D eigenvalue weighted by Gasteiger charge is -2.33. The van der Waals surface area contributed by atoms with Gasteiger partial charge in [-0.2, -0.15) is 0 Å². The maximum atomic E-state index is 12.4. The fraction of sp³-hybridized carbons (Fsp3) is 0.471. The lowest BCUT2D eigenvalue weighted by Crippen LogP contribution is -2.50. The maximum Gasteiger partial charge on any atom is 0.253 e. The first kappa shape index (κ1) is 16.8. The van der Waals surface area contributed by atoms with Crippen LogP contribution in [0.5, 0.6) is 0 Å². The predicted octanol–water partition coefficient (Wildman–Crippen LogP) is 1.34. The Morgan fingerprint density at radius 1 is 1.12 bits per heavy atom. The van der Waals surface area contributed by atoms with Crippen molar-refractivity contribution in [3.8, 4) is 0 Å². The minimum absolute atomic E-state index is 0.0144. The molecule has 128 valence electrons. The Kier molecular flexibility index (Phi) is 5.04. The average molecular weight is 350 g/mol. The van der Waals surface area contributed by atoms with E-state index in [2.05, 4.69) is 10.6 Å². The van der Waals surface area contributed by atoms with Gasteiger partial charge in [0, 0.05) is 36.1 Å². The number of amides is 3. The van der Waals surface area contributed by atoms with E-state index in [0.717, 1.165) is 0 Å². The maximum absolute atomic E-state index is 12.4. The molecule has 1 atom stereocenters. The zero-order valence-electron chi connectivity index (χ0n) is 13.3. The summed E-state index contributed by atoms with van der Waals surface area (Å²) in [6.07, 6.45) is 2.39. The number of nitrogens with one attached hydrogen (secondary N) is 2. The summed E-state index contributed by atoms with van der Waals surface area (Å²) in [5.41, 5.74) is 0.621. The van der Waals surface area contributed by atoms with E-state index in [1.807, 2.05) is 0 Å². The molecule has 2 heterocycles. The molecule has 3 rings (SSSR count). The smallest absolute Gasteiger partial charge is 0.253 e. The number of carbonyl (C=O) groups is 3. The van der Waals surface area contributed by atoms with Gasteiger partial charge in [-0.25, -0.2) is 0 Å². The third-order valence-corrected chi connectivity index (χ3v) is 4.78. The molecule has 0 aromatic heterocycles. The van der Waals surface area contributed by atoms with Crippen LogP contribution in [0.4, 0.5) is 0 Å². The highest BCUT2D eigenvalue weighted by atomic mass is 35.5. The van der Waals surface area contributed by atoms with E-state index in [0.29, 0.717) is 49.4 Å². The van der Waals surface area contributed by atoms with Gasteiger partial charge in [0.15, 0.2) is 0 Å². The summed E-state index contributed by atoms with van der Waals surface area (Å²) in [6.45, 7) is 1.20. The van der Waals surface area contributed by atoms with Crippen LogP contribution in [-0.4, -0.2) is 47.8 Å². The second-order valence-corrected chi connectivity index (χ2v) is 6.68. The molecule has 0 spiro atoms. The Morgan fingerprint density at radius 2 is 1.79 bits per heavy atom. The first-order valence-corrected chi connectivity index (χ1v) is 8.55. The summed E-state index contributed by atoms with van der Waals surface area (Å²) in [6, 6.07) is 6.49. The number of hydrogen-bond acceptors (Lipinski definition) is 3. The van der Waals surface area contributed by atoms with Crippen molar-refractivity contribution >= 4 is 29.3 Å². The van der Waals surface area contributed by atoms with Crippen LogP contribution in [0.3, 0.4) is 0 Å². The van der Waals surface area contributed by atoms with Crippen LogP contribution in [0, 0.1) is 0 Å². The fourth-order valence-electron chi connectivity index (χ4n) is 3.11. The summed E-state index contributed by atoms with van der Waals surface area (Å²) in [5, 5.41) is 6.25. The van der Waals surface area contributed by atoms with Crippen molar-refractivity contribution in [2.24, 2.45) is 0 Å². The highest BCUT2D eigenvalue weighted by molar-refractivity contribution is 6.30. The molecule has 0 saturated carbocycles. The molecule has 1 aromatic rings. The van der Waals surface area contributed by atoms with E-state index in [1.54, 1.807) is 29.2 Å². The lowest BCUT2D eigenvalue weighted by atomic mass is 10.0. The molecule has 0 aliphatic carbocycles. The van der Waals surface area contributed by atoms with Gasteiger partial charge in [0.05, 0.1) is 0 Å². The molecule has 2 N–H and O–H groups in total. The zero-order valence-corrected chi connectivity index (χ0v) is 14.0. The summed E-state index contributed by atoms with van der Waals surface area (Å²) >= 11 is 5.84. The SMILES string of the molecule is O=C1CCC(C(=O)NC2CCN(C(=O)c3ccc(Cl)cc3)CC2)N1. The number of rotatable bonds is 3. The van der Waals surface area contributed by atoms with Gasteiger partial charge in [-0.3, -0.25) is 14.4 Å². The van der Waals surface area contributed by atoms with Crippen molar-refractivity contribution in [3.05, 3.63) is 34.9 Å². The highest BCUT2D eigenvalue weighted by Gasteiger charge is 2.30. The highest BCUT2D eigenvalue weighted by Crippen LogP contribution is 2.17. The molecule has 0 bridgehead atoms. The van der Waals surface area contributed by atoms with Gasteiger partial charge in [-0.1, -0.05) is 11.6 Å². The van der Waals surface area contributed by atoms with Gasteiger partial charge >= 0.3 is 0 Å². The molecule has 2 fully saturated rings. The molecular weight excluding hydrogens is 330 g/mol. The topological polar surface area (TPSA) is 78.5 Å². The van der Waals surface area contributed by atoms with Crippen LogP contribution in [0.25, 0.3) is 0 Å². The Bertz CT molecular complexity index is 639. The van der Waals surface area contributed by atoms with E-state index in [-0.39, 0.29) is 23.8 Å². The zero-order chi connectivity index (χ0) is 17.1. The second-order valence-electron chi connectivity index (χ2n) is 6.24. The number of halogens is 1. The van der Waals surface area contributed by atoms with Crippen molar-refractivity contribution in [1.29, 1.82) is 0 Å². The molecule has 1 unspecified atom stereocenters. The number of hydrogen-bond donors (Lipinski definition) is 2. The van der Waals surface area contributed by atoms with E-state index >= 15 is 0 Å². The minimum atomic E-state index is -0.411. The molecule has 6 nitrogen and oxygen atoms in total. The van der Waals surface area contributed by atoms with E-state index in [4.69, 9.17) is 11.6 Å². The molecule has 2 saturated heterocycles. The van der Waals surface area contributed by atoms with Crippen molar-refractivity contribution < 1.29 is 14.4 Å². The molecule has 3 amide bonds. The van der Waals surface area contributed by atoms with Crippen LogP contribution >= 0.6 is 11.6 Å². The lowest BCUT2D eigenvalue weighted by molar-refractivity contribution is -0.126. The predicted molar refractivity (Wildman–Crippen MR) is 89.7 cm³/mol. The van der Waals surface area contributed by atoms with Crippen molar-refractivity contribution in [2.75, 3.05) is 13.1 Å². The monoisotopic (exact) mass is 349 g/mol. The number of nitrogens with zero attached hydrogens (tertiary/aromatic N) is 1. The third-order valence-electron chi connectivity index (χ3n) is 4.53. The fourth-order valence-corrected chi connectivity index (χ4v) is 3.24. The van der Waals surface area contributed by atoms with Crippen LogP contribution in [0.1, 0.15) is 36.0 Å². The molecule has 2 aliphatic rings. The first-order valence-electron chi connectivity index (χ1n) is 8.17. The molecule has 24 heavy (non-hydrogen) atoms. The average Bonchev–Trinajstić information content (AvgIpc) is 3.02. The van der Waals surface area contributed by atoms with Gasteiger partial charge in [0.25, 0.3) is 5.91 Å². The molecular formula is C17H20ClN3O3.